The number of fused-ring (bicyclic) bond motifs is 5. The lowest BCUT2D eigenvalue weighted by Crippen LogP contribution is -2.58. The van der Waals surface area contributed by atoms with Crippen LogP contribution in [0.2, 0.25) is 0 Å². The smallest absolute Gasteiger partial charge is 0.155 e. The molecular weight excluding hydrogens is 427 g/mol. The number of carbonyl (C=O) groups excluding carboxylic acids is 1. The van der Waals surface area contributed by atoms with Crippen LogP contribution in [-0.4, -0.2) is 28.7 Å². The Morgan fingerprint density at radius 3 is 2.61 bits per heavy atom. The molecule has 4 aliphatic carbocycles. The molecule has 0 aliphatic heterocycles. The van der Waals surface area contributed by atoms with Gasteiger partial charge in [-0.05, 0) is 106 Å². The molecule has 0 spiro atoms. The maximum Gasteiger partial charge on any atom is 0.155 e. The molecule has 0 bridgehead atoms. The van der Waals surface area contributed by atoms with E-state index >= 15 is 4.39 Å². The van der Waals surface area contributed by atoms with Crippen molar-refractivity contribution in [3.05, 3.63) is 29.8 Å². The molecular formula is C27H36F3NO2. The van der Waals surface area contributed by atoms with Crippen molar-refractivity contribution in [2.75, 3.05) is 11.9 Å². The summed E-state index contributed by atoms with van der Waals surface area (Å²) in [7, 11) is 0. The zero-order valence-corrected chi connectivity index (χ0v) is 19.7. The summed E-state index contributed by atoms with van der Waals surface area (Å²) in [6.45, 7) is 4.08. The molecule has 4 aliphatic rings. The molecule has 3 nitrogen and oxygen atoms in total. The molecule has 0 saturated heterocycles. The number of anilines is 1. The first-order valence-corrected chi connectivity index (χ1v) is 12.7. The van der Waals surface area contributed by atoms with Gasteiger partial charge in [0.05, 0.1) is 17.8 Å². The van der Waals surface area contributed by atoms with Gasteiger partial charge < -0.3 is 10.4 Å². The summed E-state index contributed by atoms with van der Waals surface area (Å²) in [6, 6.07) is 3.32. The Labute approximate surface area is 194 Å². The lowest BCUT2D eigenvalue weighted by molar-refractivity contribution is -0.165. The molecule has 4 fully saturated rings. The molecule has 0 radical (unpaired) electrons. The van der Waals surface area contributed by atoms with Crippen molar-refractivity contribution >= 4 is 11.5 Å². The topological polar surface area (TPSA) is 49.3 Å². The molecule has 8 atom stereocenters. The van der Waals surface area contributed by atoms with Gasteiger partial charge in [-0.15, -0.1) is 0 Å². The summed E-state index contributed by atoms with van der Waals surface area (Å²) in [5, 5.41) is 13.4. The highest BCUT2D eigenvalue weighted by Gasteiger charge is 2.63. The number of halogens is 3. The van der Waals surface area contributed by atoms with Gasteiger partial charge in [0.2, 0.25) is 0 Å². The van der Waals surface area contributed by atoms with Crippen molar-refractivity contribution in [1.82, 2.24) is 0 Å². The molecule has 0 unspecified atom stereocenters. The first-order valence-electron chi connectivity index (χ1n) is 12.7. The van der Waals surface area contributed by atoms with Gasteiger partial charge in [0, 0.05) is 12.0 Å². The van der Waals surface area contributed by atoms with Crippen molar-refractivity contribution in [1.29, 1.82) is 0 Å². The van der Waals surface area contributed by atoms with Crippen molar-refractivity contribution in [3.8, 4) is 0 Å². The maximum absolute atomic E-state index is 16.5. The van der Waals surface area contributed by atoms with Crippen molar-refractivity contribution in [2.24, 2.45) is 35.0 Å². The summed E-state index contributed by atoms with van der Waals surface area (Å²) in [5.74, 6) is -0.771. The highest BCUT2D eigenvalue weighted by molar-refractivity contribution is 5.86. The fraction of sp³-hybridized carbons (Fsp3) is 0.741. The third-order valence-electron chi connectivity index (χ3n) is 10.1. The van der Waals surface area contributed by atoms with E-state index in [0.717, 1.165) is 44.6 Å². The molecule has 0 amide bonds. The predicted molar refractivity (Wildman–Crippen MR) is 121 cm³/mol. The minimum Gasteiger partial charge on any atom is -0.390 e. The Morgan fingerprint density at radius 2 is 1.85 bits per heavy atom. The Morgan fingerprint density at radius 1 is 1.06 bits per heavy atom. The third-order valence-corrected chi connectivity index (χ3v) is 10.1. The number of alkyl halides is 1. The number of benzene rings is 1. The van der Waals surface area contributed by atoms with Crippen LogP contribution in [0.25, 0.3) is 0 Å². The van der Waals surface area contributed by atoms with Gasteiger partial charge in [-0.25, -0.2) is 13.2 Å². The average Bonchev–Trinajstić information content (AvgIpc) is 3.10. The van der Waals surface area contributed by atoms with Crippen molar-refractivity contribution in [2.45, 2.75) is 82.9 Å². The van der Waals surface area contributed by atoms with Crippen LogP contribution in [-0.2, 0) is 4.79 Å². The zero-order valence-electron chi connectivity index (χ0n) is 19.7. The minimum absolute atomic E-state index is 0.0217. The molecule has 5 rings (SSSR count). The van der Waals surface area contributed by atoms with E-state index in [1.807, 2.05) is 6.92 Å². The van der Waals surface area contributed by atoms with Crippen LogP contribution in [0, 0.1) is 46.6 Å². The number of rotatable bonds is 4. The van der Waals surface area contributed by atoms with E-state index in [9.17, 15) is 18.7 Å². The van der Waals surface area contributed by atoms with Crippen molar-refractivity contribution < 1.29 is 23.1 Å². The third kappa shape index (κ3) is 3.81. The number of Topliss-reactive ketones (excluding diaryl/α,β-unsaturated/α-hetero) is 1. The quantitative estimate of drug-likeness (QED) is 0.571. The summed E-state index contributed by atoms with van der Waals surface area (Å²) in [6.07, 6.45) is 6.73. The summed E-state index contributed by atoms with van der Waals surface area (Å²) >= 11 is 0. The Bertz CT molecular complexity index is 936. The number of ketones is 1. The van der Waals surface area contributed by atoms with Crippen LogP contribution >= 0.6 is 0 Å². The van der Waals surface area contributed by atoms with E-state index in [1.165, 1.54) is 12.1 Å². The van der Waals surface area contributed by atoms with E-state index in [1.54, 1.807) is 0 Å². The number of carbonyl (C=O) groups is 1. The summed E-state index contributed by atoms with van der Waals surface area (Å²) in [4.78, 5) is 13.2. The van der Waals surface area contributed by atoms with Gasteiger partial charge in [-0.3, -0.25) is 4.79 Å². The van der Waals surface area contributed by atoms with E-state index in [-0.39, 0.29) is 41.2 Å². The largest absolute Gasteiger partial charge is 0.390 e. The summed E-state index contributed by atoms with van der Waals surface area (Å²) in [5.41, 5.74) is -1.95. The fourth-order valence-corrected chi connectivity index (χ4v) is 8.44. The lowest BCUT2D eigenvalue weighted by Gasteiger charge is -2.59. The summed E-state index contributed by atoms with van der Waals surface area (Å²) < 4.78 is 43.6. The van der Waals surface area contributed by atoms with Gasteiger partial charge in [0.1, 0.15) is 17.3 Å². The Balaban J connectivity index is 1.29. The second-order valence-corrected chi connectivity index (χ2v) is 11.9. The second kappa shape index (κ2) is 8.00. The van der Waals surface area contributed by atoms with E-state index in [0.29, 0.717) is 31.1 Å². The van der Waals surface area contributed by atoms with Gasteiger partial charge in [-0.2, -0.15) is 0 Å². The SMILES string of the molecule is C[C@@]1(O)CC[C@@]2(F)[C@H](CC[C@H]3[C@@H]4CC[C@H](C(=O)CNc5ccc(F)cc5F)[C@@]4(C)CC[C@@H]32)C1. The van der Waals surface area contributed by atoms with Crippen LogP contribution in [0.5, 0.6) is 0 Å². The van der Waals surface area contributed by atoms with Crippen molar-refractivity contribution in [3.63, 3.8) is 0 Å². The first kappa shape index (κ1) is 23.2. The fourth-order valence-electron chi connectivity index (χ4n) is 8.44. The number of hydrogen-bond donors (Lipinski definition) is 2. The first-order chi connectivity index (χ1) is 15.5. The Kier molecular flexibility index (Phi) is 5.62. The standard InChI is InChI=1S/C27H36F3NO2/c1-25(33)11-12-27(30)16(14-25)3-5-18-19-6-7-21(26(19,2)10-9-20(18)27)24(32)15-31-23-8-4-17(28)13-22(23)29/h4,8,13,16,18-21,31,33H,3,5-7,9-12,14-15H2,1-2H3/t16-,18+,19+,20+,21-,25-,26+,27-/m1/s1. The van der Waals surface area contributed by atoms with E-state index in [2.05, 4.69) is 12.2 Å². The van der Waals surface area contributed by atoms with E-state index in [4.69, 9.17) is 0 Å². The molecule has 0 aromatic heterocycles. The van der Waals surface area contributed by atoms with Gasteiger partial charge >= 0.3 is 0 Å². The molecule has 0 heterocycles. The lowest BCUT2D eigenvalue weighted by atomic mass is 9.48. The van der Waals surface area contributed by atoms with Crippen LogP contribution < -0.4 is 5.32 Å². The highest BCUT2D eigenvalue weighted by Crippen LogP contribution is 2.66. The van der Waals surface area contributed by atoms with Crippen LogP contribution in [0.15, 0.2) is 18.2 Å². The average molecular weight is 464 g/mol. The molecule has 2 N–H and O–H groups in total. The van der Waals surface area contributed by atoms with Gasteiger partial charge in [0.25, 0.3) is 0 Å². The molecule has 1 aromatic rings. The van der Waals surface area contributed by atoms with Gasteiger partial charge in [-0.1, -0.05) is 6.92 Å². The molecule has 4 saturated carbocycles. The molecule has 6 heteroatoms. The monoisotopic (exact) mass is 463 g/mol. The maximum atomic E-state index is 16.5. The molecule has 33 heavy (non-hydrogen) atoms. The normalized spacial score (nSPS) is 44.5. The Hall–Kier alpha value is -1.56. The van der Waals surface area contributed by atoms with E-state index < -0.39 is 22.9 Å². The predicted octanol–water partition coefficient (Wildman–Crippen LogP) is 6.06. The van der Waals surface area contributed by atoms with Gasteiger partial charge in [0.15, 0.2) is 5.78 Å². The zero-order chi connectivity index (χ0) is 23.6. The number of nitrogens with one attached hydrogen (secondary N) is 1. The van der Waals surface area contributed by atoms with Crippen LogP contribution in [0.4, 0.5) is 18.9 Å². The van der Waals surface area contributed by atoms with Crippen LogP contribution in [0.3, 0.4) is 0 Å². The second-order valence-electron chi connectivity index (χ2n) is 11.9. The minimum atomic E-state index is -1.18. The number of aliphatic hydroxyl groups is 1. The van der Waals surface area contributed by atoms with Crippen LogP contribution in [0.1, 0.15) is 71.6 Å². The molecule has 182 valence electrons. The molecule has 1 aromatic carbocycles. The highest BCUT2D eigenvalue weighted by atomic mass is 19.1. The number of hydrogen-bond acceptors (Lipinski definition) is 3.